The molecule has 0 amide bonds. The van der Waals surface area contributed by atoms with Gasteiger partial charge in [0.2, 0.25) is 5.95 Å². The van der Waals surface area contributed by atoms with Crippen molar-refractivity contribution in [2.45, 2.75) is 13.3 Å². The predicted octanol–water partition coefficient (Wildman–Crippen LogP) is 3.16. The number of nitrogens with one attached hydrogen (secondary N) is 1. The summed E-state index contributed by atoms with van der Waals surface area (Å²) < 4.78 is 18.5. The van der Waals surface area contributed by atoms with E-state index in [2.05, 4.69) is 20.3 Å². The average molecular weight is 297 g/mol. The first-order valence-corrected chi connectivity index (χ1v) is 6.54. The van der Waals surface area contributed by atoms with Crippen LogP contribution in [0.2, 0.25) is 5.02 Å². The Morgan fingerprint density at radius 1 is 1.30 bits per heavy atom. The van der Waals surface area contributed by atoms with Crippen LogP contribution in [0, 0.1) is 5.82 Å². The van der Waals surface area contributed by atoms with E-state index in [-0.39, 0.29) is 11.0 Å². The first-order valence-electron chi connectivity index (χ1n) is 6.16. The highest BCUT2D eigenvalue weighted by atomic mass is 35.5. The summed E-state index contributed by atoms with van der Waals surface area (Å²) in [6.07, 6.45) is 0.840. The molecule has 0 fully saturated rings. The van der Waals surface area contributed by atoms with Gasteiger partial charge in [0.25, 0.3) is 0 Å². The van der Waals surface area contributed by atoms with Gasteiger partial charge in [0.15, 0.2) is 5.82 Å². The zero-order chi connectivity index (χ0) is 14.5. The Kier molecular flexibility index (Phi) is 4.68. The summed E-state index contributed by atoms with van der Waals surface area (Å²) in [7, 11) is 1.69. The van der Waals surface area contributed by atoms with Crippen molar-refractivity contribution in [3.8, 4) is 17.4 Å². The van der Waals surface area contributed by atoms with Crippen LogP contribution in [0.3, 0.4) is 0 Å². The minimum absolute atomic E-state index is 0.210. The standard InChI is InChI=1S/C13H14ClFN4O/c1-3-6-20-13-18-11(17-12(16-2)19-13)9-5-4-8(15)7-10(9)14/h4-5,7H,3,6H2,1-2H3,(H,16,17,18,19). The predicted molar refractivity (Wildman–Crippen MR) is 75.6 cm³/mol. The Labute approximate surface area is 121 Å². The summed E-state index contributed by atoms with van der Waals surface area (Å²) in [5.41, 5.74) is 0.522. The number of nitrogens with zero attached hydrogens (tertiary/aromatic N) is 3. The molecule has 0 unspecified atom stereocenters. The van der Waals surface area contributed by atoms with Crippen LogP contribution in [0.5, 0.6) is 6.01 Å². The fourth-order valence-corrected chi connectivity index (χ4v) is 1.77. The maximum Gasteiger partial charge on any atom is 0.321 e. The molecular formula is C13H14ClFN4O. The van der Waals surface area contributed by atoms with Gasteiger partial charge in [0, 0.05) is 12.6 Å². The third-order valence-corrected chi connectivity index (χ3v) is 2.76. The number of hydrogen-bond donors (Lipinski definition) is 1. The van der Waals surface area contributed by atoms with Crippen molar-refractivity contribution < 1.29 is 9.13 Å². The molecule has 0 aliphatic heterocycles. The van der Waals surface area contributed by atoms with E-state index in [4.69, 9.17) is 16.3 Å². The summed E-state index contributed by atoms with van der Waals surface area (Å²) in [6, 6.07) is 4.25. The van der Waals surface area contributed by atoms with E-state index >= 15 is 0 Å². The smallest absolute Gasteiger partial charge is 0.321 e. The molecule has 1 N–H and O–H groups in total. The third-order valence-electron chi connectivity index (χ3n) is 2.45. The SMILES string of the molecule is CCCOc1nc(NC)nc(-c2ccc(F)cc2Cl)n1. The van der Waals surface area contributed by atoms with Crippen LogP contribution < -0.4 is 10.1 Å². The van der Waals surface area contributed by atoms with Gasteiger partial charge in [-0.1, -0.05) is 18.5 Å². The molecule has 0 aliphatic carbocycles. The first-order chi connectivity index (χ1) is 9.63. The highest BCUT2D eigenvalue weighted by molar-refractivity contribution is 6.33. The van der Waals surface area contributed by atoms with Gasteiger partial charge < -0.3 is 10.1 Å². The molecule has 0 aliphatic rings. The molecule has 106 valence electrons. The molecule has 7 heteroatoms. The second-order valence-corrected chi connectivity index (χ2v) is 4.40. The molecule has 0 bridgehead atoms. The van der Waals surface area contributed by atoms with E-state index in [9.17, 15) is 4.39 Å². The highest BCUT2D eigenvalue weighted by Gasteiger charge is 2.12. The molecule has 0 saturated heterocycles. The fraction of sp³-hybridized carbons (Fsp3) is 0.308. The molecule has 2 aromatic rings. The number of aromatic nitrogens is 3. The van der Waals surface area contributed by atoms with Crippen molar-refractivity contribution in [1.29, 1.82) is 0 Å². The largest absolute Gasteiger partial charge is 0.463 e. The molecule has 1 aromatic carbocycles. The van der Waals surface area contributed by atoms with Crippen LogP contribution in [0.15, 0.2) is 18.2 Å². The molecule has 20 heavy (non-hydrogen) atoms. The number of hydrogen-bond acceptors (Lipinski definition) is 5. The van der Waals surface area contributed by atoms with Crippen molar-refractivity contribution in [2.75, 3.05) is 19.0 Å². The van der Waals surface area contributed by atoms with E-state index in [1.807, 2.05) is 6.92 Å². The van der Waals surface area contributed by atoms with Crippen molar-refractivity contribution in [3.63, 3.8) is 0 Å². The number of rotatable bonds is 5. The Hall–Kier alpha value is -1.95. The van der Waals surface area contributed by atoms with Crippen LogP contribution in [-0.4, -0.2) is 28.6 Å². The summed E-state index contributed by atoms with van der Waals surface area (Å²) in [5, 5.41) is 3.06. The average Bonchev–Trinajstić information content (AvgIpc) is 2.44. The molecular weight excluding hydrogens is 283 g/mol. The van der Waals surface area contributed by atoms with Crippen LogP contribution >= 0.6 is 11.6 Å². The van der Waals surface area contributed by atoms with Crippen molar-refractivity contribution in [3.05, 3.63) is 29.0 Å². The van der Waals surface area contributed by atoms with Crippen molar-refractivity contribution in [2.24, 2.45) is 0 Å². The van der Waals surface area contributed by atoms with Gasteiger partial charge in [0.1, 0.15) is 5.82 Å². The number of anilines is 1. The lowest BCUT2D eigenvalue weighted by Crippen LogP contribution is -2.06. The third kappa shape index (κ3) is 3.33. The van der Waals surface area contributed by atoms with E-state index in [1.54, 1.807) is 7.05 Å². The van der Waals surface area contributed by atoms with Crippen molar-refractivity contribution >= 4 is 17.5 Å². The number of halogens is 2. The lowest BCUT2D eigenvalue weighted by Gasteiger charge is -2.08. The summed E-state index contributed by atoms with van der Waals surface area (Å²) in [6.45, 7) is 2.49. The van der Waals surface area contributed by atoms with Crippen LogP contribution in [0.25, 0.3) is 11.4 Å². The van der Waals surface area contributed by atoms with E-state index in [1.165, 1.54) is 18.2 Å². The molecule has 5 nitrogen and oxygen atoms in total. The Balaban J connectivity index is 2.44. The van der Waals surface area contributed by atoms with Gasteiger partial charge in [-0.15, -0.1) is 0 Å². The number of benzene rings is 1. The molecule has 0 radical (unpaired) electrons. The maximum absolute atomic E-state index is 13.1. The van der Waals surface area contributed by atoms with Gasteiger partial charge in [0.05, 0.1) is 11.6 Å². The lowest BCUT2D eigenvalue weighted by molar-refractivity contribution is 0.292. The normalized spacial score (nSPS) is 10.4. The monoisotopic (exact) mass is 296 g/mol. The summed E-state index contributed by atoms with van der Waals surface area (Å²) in [4.78, 5) is 12.5. The Morgan fingerprint density at radius 2 is 2.10 bits per heavy atom. The Bertz CT molecular complexity index is 609. The van der Waals surface area contributed by atoms with E-state index in [0.29, 0.717) is 23.9 Å². The summed E-state index contributed by atoms with van der Waals surface area (Å²) >= 11 is 6.01. The van der Waals surface area contributed by atoms with Gasteiger partial charge in [-0.2, -0.15) is 15.0 Å². The lowest BCUT2D eigenvalue weighted by atomic mass is 10.2. The van der Waals surface area contributed by atoms with Crippen molar-refractivity contribution in [1.82, 2.24) is 15.0 Å². The highest BCUT2D eigenvalue weighted by Crippen LogP contribution is 2.27. The van der Waals surface area contributed by atoms with Gasteiger partial charge >= 0.3 is 6.01 Å². The molecule has 0 saturated carbocycles. The molecule has 1 heterocycles. The topological polar surface area (TPSA) is 59.9 Å². The maximum atomic E-state index is 13.1. The van der Waals surface area contributed by atoms with Crippen LogP contribution in [0.4, 0.5) is 10.3 Å². The molecule has 0 atom stereocenters. The molecule has 0 spiro atoms. The minimum Gasteiger partial charge on any atom is -0.463 e. The van der Waals surface area contributed by atoms with E-state index < -0.39 is 5.82 Å². The zero-order valence-corrected chi connectivity index (χ0v) is 11.9. The van der Waals surface area contributed by atoms with E-state index in [0.717, 1.165) is 6.42 Å². The second kappa shape index (κ2) is 6.47. The second-order valence-electron chi connectivity index (χ2n) is 3.99. The molecule has 1 aromatic heterocycles. The minimum atomic E-state index is -0.413. The zero-order valence-electron chi connectivity index (χ0n) is 11.2. The summed E-state index contributed by atoms with van der Waals surface area (Å²) in [5.74, 6) is 0.283. The van der Waals surface area contributed by atoms with Gasteiger partial charge in [-0.05, 0) is 24.6 Å². The van der Waals surface area contributed by atoms with Crippen LogP contribution in [0.1, 0.15) is 13.3 Å². The fourth-order valence-electron chi connectivity index (χ4n) is 1.52. The number of ether oxygens (including phenoxy) is 1. The molecule has 2 rings (SSSR count). The Morgan fingerprint density at radius 3 is 2.75 bits per heavy atom. The van der Waals surface area contributed by atoms with Gasteiger partial charge in [-0.25, -0.2) is 4.39 Å². The first kappa shape index (κ1) is 14.5. The van der Waals surface area contributed by atoms with Gasteiger partial charge in [-0.3, -0.25) is 0 Å². The van der Waals surface area contributed by atoms with Crippen LogP contribution in [-0.2, 0) is 0 Å². The quantitative estimate of drug-likeness (QED) is 0.918.